The Labute approximate surface area is 84.1 Å². The molecule has 14 heavy (non-hydrogen) atoms. The molecule has 1 rings (SSSR count). The van der Waals surface area contributed by atoms with Crippen LogP contribution in [0.25, 0.3) is 0 Å². The average Bonchev–Trinajstić information content (AvgIpc) is 2.18. The number of hydrogen-bond acceptors (Lipinski definition) is 3. The number of pyridine rings is 1. The van der Waals surface area contributed by atoms with Crippen LogP contribution >= 0.6 is 0 Å². The van der Waals surface area contributed by atoms with E-state index in [1.54, 1.807) is 18.3 Å². The second-order valence-electron chi connectivity index (χ2n) is 3.22. The Morgan fingerprint density at radius 1 is 1.57 bits per heavy atom. The molecule has 0 saturated carbocycles. The van der Waals surface area contributed by atoms with Crippen molar-refractivity contribution >= 4 is 0 Å². The average molecular weight is 193 g/mol. The highest BCUT2D eigenvalue weighted by molar-refractivity contribution is 5.17. The van der Waals surface area contributed by atoms with Crippen LogP contribution in [0.15, 0.2) is 30.5 Å². The van der Waals surface area contributed by atoms with E-state index in [-0.39, 0.29) is 6.61 Å². The molecule has 3 heteroatoms. The van der Waals surface area contributed by atoms with Crippen molar-refractivity contribution in [1.82, 2.24) is 4.98 Å². The third kappa shape index (κ3) is 3.58. The summed E-state index contributed by atoms with van der Waals surface area (Å²) in [7, 11) is 0. The maximum atomic E-state index is 8.78. The summed E-state index contributed by atoms with van der Waals surface area (Å²) in [5.74, 6) is 0.587. The van der Waals surface area contributed by atoms with Gasteiger partial charge in [-0.05, 0) is 18.6 Å². The Balaban J connectivity index is 2.40. The normalized spacial score (nSPS) is 9.86. The van der Waals surface area contributed by atoms with Crippen molar-refractivity contribution in [3.8, 4) is 5.88 Å². The molecule has 0 spiro atoms. The van der Waals surface area contributed by atoms with Crippen LogP contribution in [0.1, 0.15) is 18.9 Å². The molecule has 0 aliphatic rings. The van der Waals surface area contributed by atoms with E-state index in [2.05, 4.69) is 11.6 Å². The summed E-state index contributed by atoms with van der Waals surface area (Å²) in [6, 6.07) is 3.55. The largest absolute Gasteiger partial charge is 0.477 e. The van der Waals surface area contributed by atoms with E-state index in [0.717, 1.165) is 17.6 Å². The highest BCUT2D eigenvalue weighted by Crippen LogP contribution is 2.08. The van der Waals surface area contributed by atoms with Crippen molar-refractivity contribution in [3.05, 3.63) is 36.0 Å². The first-order chi connectivity index (χ1) is 6.72. The summed E-state index contributed by atoms with van der Waals surface area (Å²) in [5, 5.41) is 8.78. The Kier molecular flexibility index (Phi) is 4.13. The van der Waals surface area contributed by atoms with Gasteiger partial charge in [0.1, 0.15) is 0 Å². The summed E-state index contributed by atoms with van der Waals surface area (Å²) >= 11 is 0. The lowest BCUT2D eigenvalue weighted by atomic mass is 10.3. The first kappa shape index (κ1) is 10.7. The molecular weight excluding hydrogens is 178 g/mol. The molecule has 0 aliphatic heterocycles. The second kappa shape index (κ2) is 5.40. The SMILES string of the molecule is C=C(C)CCOc1ccc(CO)cn1. The quantitative estimate of drug-likeness (QED) is 0.726. The Morgan fingerprint density at radius 3 is 2.86 bits per heavy atom. The number of ether oxygens (including phenoxy) is 1. The zero-order valence-corrected chi connectivity index (χ0v) is 8.36. The van der Waals surface area contributed by atoms with E-state index in [1.807, 2.05) is 6.92 Å². The topological polar surface area (TPSA) is 42.4 Å². The van der Waals surface area contributed by atoms with E-state index < -0.39 is 0 Å². The van der Waals surface area contributed by atoms with Crippen LogP contribution in [0, 0.1) is 0 Å². The zero-order valence-electron chi connectivity index (χ0n) is 8.36. The van der Waals surface area contributed by atoms with Gasteiger partial charge in [0.05, 0.1) is 13.2 Å². The minimum absolute atomic E-state index is 0.0129. The monoisotopic (exact) mass is 193 g/mol. The molecule has 1 heterocycles. The van der Waals surface area contributed by atoms with Gasteiger partial charge in [0, 0.05) is 18.7 Å². The number of aromatic nitrogens is 1. The molecule has 0 aromatic carbocycles. The van der Waals surface area contributed by atoms with Crippen LogP contribution in [-0.2, 0) is 6.61 Å². The third-order valence-electron chi connectivity index (χ3n) is 1.76. The van der Waals surface area contributed by atoms with E-state index in [9.17, 15) is 0 Å². The maximum absolute atomic E-state index is 8.78. The molecule has 0 unspecified atom stereocenters. The lowest BCUT2D eigenvalue weighted by Crippen LogP contribution is -1.99. The lowest BCUT2D eigenvalue weighted by Gasteiger charge is -2.04. The first-order valence-electron chi connectivity index (χ1n) is 4.55. The highest BCUT2D eigenvalue weighted by Gasteiger charge is 1.95. The van der Waals surface area contributed by atoms with Gasteiger partial charge in [0.2, 0.25) is 5.88 Å². The molecular formula is C11H15NO2. The number of aliphatic hydroxyl groups is 1. The molecule has 1 N–H and O–H groups in total. The summed E-state index contributed by atoms with van der Waals surface area (Å²) in [6.45, 7) is 6.36. The summed E-state index contributed by atoms with van der Waals surface area (Å²) in [6.07, 6.45) is 2.44. The van der Waals surface area contributed by atoms with Gasteiger partial charge in [-0.1, -0.05) is 5.57 Å². The third-order valence-corrected chi connectivity index (χ3v) is 1.76. The van der Waals surface area contributed by atoms with Crippen molar-refractivity contribution < 1.29 is 9.84 Å². The van der Waals surface area contributed by atoms with Crippen molar-refractivity contribution in [2.75, 3.05) is 6.61 Å². The van der Waals surface area contributed by atoms with Gasteiger partial charge in [-0.3, -0.25) is 0 Å². The van der Waals surface area contributed by atoms with Crippen LogP contribution in [0.5, 0.6) is 5.88 Å². The van der Waals surface area contributed by atoms with Crippen molar-refractivity contribution in [2.24, 2.45) is 0 Å². The predicted molar refractivity (Wildman–Crippen MR) is 55.1 cm³/mol. The smallest absolute Gasteiger partial charge is 0.213 e. The van der Waals surface area contributed by atoms with Crippen molar-refractivity contribution in [2.45, 2.75) is 20.0 Å². The number of aliphatic hydroxyl groups excluding tert-OH is 1. The molecule has 0 radical (unpaired) electrons. The molecule has 0 amide bonds. The highest BCUT2D eigenvalue weighted by atomic mass is 16.5. The van der Waals surface area contributed by atoms with Gasteiger partial charge in [0.25, 0.3) is 0 Å². The van der Waals surface area contributed by atoms with E-state index in [0.29, 0.717) is 12.5 Å². The van der Waals surface area contributed by atoms with Crippen LogP contribution in [0.2, 0.25) is 0 Å². The standard InChI is InChI=1S/C11H15NO2/c1-9(2)5-6-14-11-4-3-10(8-13)7-12-11/h3-4,7,13H,1,5-6,8H2,2H3. The van der Waals surface area contributed by atoms with Crippen LogP contribution in [0.4, 0.5) is 0 Å². The fraction of sp³-hybridized carbons (Fsp3) is 0.364. The molecule has 0 fully saturated rings. The minimum Gasteiger partial charge on any atom is -0.477 e. The lowest BCUT2D eigenvalue weighted by molar-refractivity contribution is 0.279. The number of rotatable bonds is 5. The minimum atomic E-state index is 0.0129. The molecule has 0 saturated heterocycles. The molecule has 0 bridgehead atoms. The molecule has 76 valence electrons. The maximum Gasteiger partial charge on any atom is 0.213 e. The summed E-state index contributed by atoms with van der Waals surface area (Å²) in [4.78, 5) is 4.03. The molecule has 1 aromatic rings. The Bertz CT molecular complexity index is 293. The van der Waals surface area contributed by atoms with Gasteiger partial charge in [-0.25, -0.2) is 4.98 Å². The van der Waals surface area contributed by atoms with Gasteiger partial charge in [-0.2, -0.15) is 0 Å². The van der Waals surface area contributed by atoms with Crippen LogP contribution in [0.3, 0.4) is 0 Å². The van der Waals surface area contributed by atoms with Crippen molar-refractivity contribution in [1.29, 1.82) is 0 Å². The number of hydrogen-bond donors (Lipinski definition) is 1. The van der Waals surface area contributed by atoms with Crippen LogP contribution in [-0.4, -0.2) is 16.7 Å². The molecule has 0 aliphatic carbocycles. The van der Waals surface area contributed by atoms with Crippen molar-refractivity contribution in [3.63, 3.8) is 0 Å². The van der Waals surface area contributed by atoms with Gasteiger partial charge in [-0.15, -0.1) is 6.58 Å². The van der Waals surface area contributed by atoms with E-state index in [4.69, 9.17) is 9.84 Å². The number of nitrogens with zero attached hydrogens (tertiary/aromatic N) is 1. The molecule has 1 aromatic heterocycles. The fourth-order valence-electron chi connectivity index (χ4n) is 0.920. The second-order valence-corrected chi connectivity index (χ2v) is 3.22. The molecule has 0 atom stereocenters. The van der Waals surface area contributed by atoms with Gasteiger partial charge < -0.3 is 9.84 Å². The first-order valence-corrected chi connectivity index (χ1v) is 4.55. The van der Waals surface area contributed by atoms with E-state index >= 15 is 0 Å². The van der Waals surface area contributed by atoms with Gasteiger partial charge in [0.15, 0.2) is 0 Å². The zero-order chi connectivity index (χ0) is 10.4. The summed E-state index contributed by atoms with van der Waals surface area (Å²) < 4.78 is 5.36. The van der Waals surface area contributed by atoms with Gasteiger partial charge >= 0.3 is 0 Å². The Morgan fingerprint density at radius 2 is 2.36 bits per heavy atom. The van der Waals surface area contributed by atoms with E-state index in [1.165, 1.54) is 0 Å². The molecule has 3 nitrogen and oxygen atoms in total. The summed E-state index contributed by atoms with van der Waals surface area (Å²) in [5.41, 5.74) is 1.88. The van der Waals surface area contributed by atoms with Crippen LogP contribution < -0.4 is 4.74 Å². The Hall–Kier alpha value is -1.35. The fourth-order valence-corrected chi connectivity index (χ4v) is 0.920. The predicted octanol–water partition coefficient (Wildman–Crippen LogP) is 1.92.